The molecule has 1 fully saturated rings. The van der Waals surface area contributed by atoms with Gasteiger partial charge in [0, 0.05) is 13.0 Å². The molecule has 6 atom stereocenters. The first-order valence-corrected chi connectivity index (χ1v) is 24.8. The highest BCUT2D eigenvalue weighted by Crippen LogP contribution is 2.47. The highest BCUT2D eigenvalue weighted by molar-refractivity contribution is 7.47. The van der Waals surface area contributed by atoms with E-state index >= 15 is 0 Å². The Morgan fingerprint density at radius 2 is 0.967 bits per heavy atom. The molecule has 12 nitrogen and oxygen atoms in total. The molecule has 0 spiro atoms. The van der Waals surface area contributed by atoms with Gasteiger partial charge in [-0.25, -0.2) is 4.57 Å². The molecule has 0 aromatic rings. The average molecular weight is 883 g/mol. The first kappa shape index (κ1) is 56.8. The molecule has 0 aromatic carbocycles. The van der Waals surface area contributed by atoms with Crippen molar-refractivity contribution in [2.24, 2.45) is 0 Å². The van der Waals surface area contributed by atoms with Gasteiger partial charge in [0.1, 0.15) is 42.7 Å². The summed E-state index contributed by atoms with van der Waals surface area (Å²) in [6, 6.07) is 0. The molecule has 0 saturated heterocycles. The highest BCUT2D eigenvalue weighted by Gasteiger charge is 2.51. The predicted octanol–water partition coefficient (Wildman–Crippen LogP) is 9.58. The number of carbonyl (C=O) groups excluding carboxylic acids is 1. The molecule has 352 valence electrons. The van der Waals surface area contributed by atoms with Crippen LogP contribution in [0.25, 0.3) is 0 Å². The summed E-state index contributed by atoms with van der Waals surface area (Å²) in [5, 5.41) is 50.2. The second kappa shape index (κ2) is 38.3. The number of esters is 1. The third-order valence-electron chi connectivity index (χ3n) is 10.3. The molecule has 0 radical (unpaired) electrons. The van der Waals surface area contributed by atoms with Crippen molar-refractivity contribution in [3.63, 3.8) is 0 Å². The standard InChI is InChI=1S/C48H83O12P/c1-3-5-7-9-11-13-15-17-19-21-22-23-25-27-29-31-33-35-37-42(49)59-41(40-58-61(55,56)60-48-46(53)44(51)43(50)45(52)47(48)54)39-57-38-36-34-32-30-28-26-24-20-18-16-14-12-10-8-6-4-2/h6,8,12-15,18-21,26,28,41,43-48,50-54H,3-5,7,9-11,16-17,22-25,27,29-40H2,1-2H3,(H,55,56)/b8-6-,14-12-,15-13-,20-18-,21-19-,28-26-. The van der Waals surface area contributed by atoms with Gasteiger partial charge >= 0.3 is 13.8 Å². The van der Waals surface area contributed by atoms with Gasteiger partial charge in [0.2, 0.25) is 0 Å². The number of rotatable bonds is 38. The molecule has 6 N–H and O–H groups in total. The average Bonchev–Trinajstić information content (AvgIpc) is 3.24. The quantitative estimate of drug-likeness (QED) is 0.0149. The fraction of sp³-hybridized carbons (Fsp3) is 0.729. The van der Waals surface area contributed by atoms with E-state index in [0.717, 1.165) is 89.9 Å². The lowest BCUT2D eigenvalue weighted by Gasteiger charge is -2.41. The van der Waals surface area contributed by atoms with E-state index < -0.39 is 63.1 Å². The smallest absolute Gasteiger partial charge is 0.457 e. The molecule has 1 aliphatic rings. The molecule has 0 aromatic heterocycles. The van der Waals surface area contributed by atoms with Crippen LogP contribution in [0.5, 0.6) is 0 Å². The van der Waals surface area contributed by atoms with Crippen LogP contribution in [0.15, 0.2) is 72.9 Å². The summed E-state index contributed by atoms with van der Waals surface area (Å²) in [7, 11) is -5.03. The summed E-state index contributed by atoms with van der Waals surface area (Å²) < 4.78 is 34.1. The number of aliphatic hydroxyl groups excluding tert-OH is 5. The number of hydrogen-bond acceptors (Lipinski definition) is 11. The molecule has 1 rings (SSSR count). The van der Waals surface area contributed by atoms with Gasteiger partial charge < -0.3 is 39.9 Å². The van der Waals surface area contributed by atoms with Crippen LogP contribution in [0, 0.1) is 0 Å². The van der Waals surface area contributed by atoms with Crippen LogP contribution in [-0.4, -0.2) is 98.9 Å². The zero-order valence-electron chi connectivity index (χ0n) is 37.4. The molecule has 61 heavy (non-hydrogen) atoms. The summed E-state index contributed by atoms with van der Waals surface area (Å²) in [6.07, 6.45) is 36.8. The molecule has 6 unspecified atom stereocenters. The lowest BCUT2D eigenvalue weighted by Crippen LogP contribution is -2.64. The largest absolute Gasteiger partial charge is 0.472 e. The Hall–Kier alpha value is -2.22. The van der Waals surface area contributed by atoms with E-state index in [1.165, 1.54) is 44.9 Å². The van der Waals surface area contributed by atoms with Crippen LogP contribution >= 0.6 is 7.82 Å². The third-order valence-corrected chi connectivity index (χ3v) is 11.3. The van der Waals surface area contributed by atoms with Gasteiger partial charge in [-0.05, 0) is 83.5 Å². The molecular formula is C48H83O12P. The number of phosphoric ester groups is 1. The first-order valence-electron chi connectivity index (χ1n) is 23.3. The first-order chi connectivity index (χ1) is 29.5. The monoisotopic (exact) mass is 883 g/mol. The predicted molar refractivity (Wildman–Crippen MR) is 244 cm³/mol. The van der Waals surface area contributed by atoms with Crippen LogP contribution in [-0.2, 0) is 27.9 Å². The maximum Gasteiger partial charge on any atom is 0.472 e. The van der Waals surface area contributed by atoms with Gasteiger partial charge in [-0.1, -0.05) is 145 Å². The summed E-state index contributed by atoms with van der Waals surface area (Å²) in [6.45, 7) is 4.04. The van der Waals surface area contributed by atoms with Crippen molar-refractivity contribution in [2.75, 3.05) is 19.8 Å². The number of ether oxygens (including phenoxy) is 2. The van der Waals surface area contributed by atoms with E-state index in [9.17, 15) is 39.8 Å². The normalized spacial score (nSPS) is 22.8. The summed E-state index contributed by atoms with van der Waals surface area (Å²) >= 11 is 0. The van der Waals surface area contributed by atoms with E-state index in [1.54, 1.807) is 0 Å². The van der Waals surface area contributed by atoms with Crippen LogP contribution in [0.3, 0.4) is 0 Å². The Labute approximate surface area is 368 Å². The van der Waals surface area contributed by atoms with Crippen molar-refractivity contribution in [1.82, 2.24) is 0 Å². The van der Waals surface area contributed by atoms with Crippen LogP contribution in [0.1, 0.15) is 162 Å². The van der Waals surface area contributed by atoms with E-state index in [0.29, 0.717) is 13.0 Å². The maximum atomic E-state index is 12.8. The molecule has 0 heterocycles. The van der Waals surface area contributed by atoms with E-state index in [4.69, 9.17) is 18.5 Å². The molecule has 0 aliphatic heterocycles. The van der Waals surface area contributed by atoms with Crippen LogP contribution in [0.2, 0.25) is 0 Å². The van der Waals surface area contributed by atoms with E-state index in [2.05, 4.69) is 86.8 Å². The Bertz CT molecular complexity index is 1280. The number of phosphoric acid groups is 1. The number of hydrogen-bond donors (Lipinski definition) is 6. The van der Waals surface area contributed by atoms with Crippen molar-refractivity contribution in [3.05, 3.63) is 72.9 Å². The molecule has 1 aliphatic carbocycles. The van der Waals surface area contributed by atoms with Gasteiger partial charge in [0.05, 0.1) is 13.2 Å². The van der Waals surface area contributed by atoms with Crippen LogP contribution < -0.4 is 0 Å². The number of allylic oxidation sites excluding steroid dienone is 12. The van der Waals surface area contributed by atoms with Gasteiger partial charge in [-0.15, -0.1) is 0 Å². The minimum Gasteiger partial charge on any atom is -0.457 e. The zero-order valence-corrected chi connectivity index (χ0v) is 38.3. The van der Waals surface area contributed by atoms with Gasteiger partial charge in [-0.3, -0.25) is 13.8 Å². The van der Waals surface area contributed by atoms with Crippen molar-refractivity contribution < 1.29 is 58.3 Å². The third kappa shape index (κ3) is 30.5. The zero-order chi connectivity index (χ0) is 44.8. The van der Waals surface area contributed by atoms with E-state index in [-0.39, 0.29) is 13.0 Å². The SMILES string of the molecule is CC/C=C\C/C=C\C/C=C\C/C=C\CCCCCOCC(COP(=O)(O)OC1C(O)C(O)C(O)C(O)C1O)OC(=O)CCCCCCCCC/C=C\C/C=C\CCCCCC. The summed E-state index contributed by atoms with van der Waals surface area (Å²) in [4.78, 5) is 23.2. The fourth-order valence-corrected chi connectivity index (χ4v) is 7.58. The van der Waals surface area contributed by atoms with Crippen molar-refractivity contribution >= 4 is 13.8 Å². The number of aliphatic hydroxyl groups is 5. The number of unbranched alkanes of at least 4 members (excludes halogenated alkanes) is 14. The van der Waals surface area contributed by atoms with Gasteiger partial charge in [0.15, 0.2) is 0 Å². The van der Waals surface area contributed by atoms with Gasteiger partial charge in [0.25, 0.3) is 0 Å². The molecule has 1 saturated carbocycles. The Morgan fingerprint density at radius 3 is 1.48 bits per heavy atom. The van der Waals surface area contributed by atoms with Crippen molar-refractivity contribution in [3.8, 4) is 0 Å². The maximum absolute atomic E-state index is 12.8. The summed E-state index contributed by atoms with van der Waals surface area (Å²) in [5.74, 6) is -0.500. The minimum atomic E-state index is -5.03. The second-order valence-electron chi connectivity index (χ2n) is 15.9. The highest BCUT2D eigenvalue weighted by atomic mass is 31.2. The van der Waals surface area contributed by atoms with Gasteiger partial charge in [-0.2, -0.15) is 0 Å². The topological polar surface area (TPSA) is 192 Å². The molecule has 13 heteroatoms. The van der Waals surface area contributed by atoms with Crippen LogP contribution in [0.4, 0.5) is 0 Å². The lowest BCUT2D eigenvalue weighted by molar-refractivity contribution is -0.220. The Balaban J connectivity index is 2.43. The minimum absolute atomic E-state index is 0.105. The Kier molecular flexibility index (Phi) is 35.6. The van der Waals surface area contributed by atoms with Crippen molar-refractivity contribution in [1.29, 1.82) is 0 Å². The number of carbonyl (C=O) groups is 1. The lowest BCUT2D eigenvalue weighted by atomic mass is 9.85. The second-order valence-corrected chi connectivity index (χ2v) is 17.3. The molecule has 0 amide bonds. The Morgan fingerprint density at radius 1 is 0.541 bits per heavy atom. The van der Waals surface area contributed by atoms with Crippen molar-refractivity contribution in [2.45, 2.75) is 204 Å². The fourth-order valence-electron chi connectivity index (χ4n) is 6.61. The molecular weight excluding hydrogens is 799 g/mol. The molecule has 0 bridgehead atoms. The summed E-state index contributed by atoms with van der Waals surface area (Å²) in [5.41, 5.74) is 0. The van der Waals surface area contributed by atoms with E-state index in [1.807, 2.05) is 0 Å².